The Morgan fingerprint density at radius 2 is 2.32 bits per heavy atom. The maximum absolute atomic E-state index is 11.4. The number of hydrogen-bond acceptors (Lipinski definition) is 3. The van der Waals surface area contributed by atoms with E-state index in [4.69, 9.17) is 17.3 Å². The van der Waals surface area contributed by atoms with Gasteiger partial charge in [0.15, 0.2) is 0 Å². The van der Waals surface area contributed by atoms with E-state index >= 15 is 0 Å². The minimum absolute atomic E-state index is 0.244. The zero-order chi connectivity index (χ0) is 14.0. The Balaban J connectivity index is 2.12. The molecule has 1 atom stereocenters. The van der Waals surface area contributed by atoms with Gasteiger partial charge in [0, 0.05) is 22.5 Å². The summed E-state index contributed by atoms with van der Waals surface area (Å²) in [6.45, 7) is 4.29. The van der Waals surface area contributed by atoms with E-state index in [0.717, 1.165) is 17.2 Å². The molecule has 0 saturated heterocycles. The van der Waals surface area contributed by atoms with Crippen LogP contribution in [0, 0.1) is 5.41 Å². The number of amides is 1. The predicted molar refractivity (Wildman–Crippen MR) is 80.5 cm³/mol. The number of rotatable bonds is 4. The van der Waals surface area contributed by atoms with Crippen LogP contribution < -0.4 is 11.1 Å². The molecule has 0 radical (unpaired) electrons. The van der Waals surface area contributed by atoms with Crippen LogP contribution in [0.2, 0.25) is 5.02 Å². The van der Waals surface area contributed by atoms with Gasteiger partial charge in [0.05, 0.1) is 5.41 Å². The lowest BCUT2D eigenvalue weighted by Crippen LogP contribution is -2.42. The number of nitrogens with one attached hydrogen (secondary N) is 1. The van der Waals surface area contributed by atoms with Crippen molar-refractivity contribution in [2.45, 2.75) is 31.2 Å². The first-order valence-electron chi connectivity index (χ1n) is 6.36. The second-order valence-electron chi connectivity index (χ2n) is 5.50. The van der Waals surface area contributed by atoms with Crippen LogP contribution in [-0.4, -0.2) is 18.2 Å². The van der Waals surface area contributed by atoms with Gasteiger partial charge in [-0.3, -0.25) is 4.79 Å². The molecular weight excluding hydrogens is 280 g/mol. The molecule has 1 amide bonds. The van der Waals surface area contributed by atoms with Crippen LogP contribution in [0.5, 0.6) is 0 Å². The van der Waals surface area contributed by atoms with Crippen molar-refractivity contribution in [1.82, 2.24) is 5.32 Å². The van der Waals surface area contributed by atoms with Crippen LogP contribution in [0.4, 0.5) is 0 Å². The zero-order valence-corrected chi connectivity index (χ0v) is 12.8. The highest BCUT2D eigenvalue weighted by Gasteiger charge is 2.28. The predicted octanol–water partition coefficient (Wildman–Crippen LogP) is 2.98. The smallest absolute Gasteiger partial charge is 0.224 e. The molecule has 0 saturated carbocycles. The Labute approximate surface area is 123 Å². The molecule has 0 unspecified atom stereocenters. The average Bonchev–Trinajstić information content (AvgIpc) is 2.36. The van der Waals surface area contributed by atoms with Crippen LogP contribution in [0.1, 0.15) is 31.9 Å². The van der Waals surface area contributed by atoms with Crippen molar-refractivity contribution >= 4 is 29.3 Å². The minimum atomic E-state index is -0.538. The number of halogens is 1. The summed E-state index contributed by atoms with van der Waals surface area (Å²) in [5.74, 6) is 0.792. The van der Waals surface area contributed by atoms with Gasteiger partial charge in [-0.25, -0.2) is 0 Å². The molecule has 0 aliphatic carbocycles. The van der Waals surface area contributed by atoms with Gasteiger partial charge in [-0.2, -0.15) is 0 Å². The van der Waals surface area contributed by atoms with Crippen LogP contribution in [0.25, 0.3) is 0 Å². The van der Waals surface area contributed by atoms with Gasteiger partial charge in [-0.1, -0.05) is 11.6 Å². The normalized spacial score (nSPS) is 19.0. The summed E-state index contributed by atoms with van der Waals surface area (Å²) < 4.78 is 0. The largest absolute Gasteiger partial charge is 0.369 e. The maximum Gasteiger partial charge on any atom is 0.224 e. The molecule has 1 aliphatic rings. The van der Waals surface area contributed by atoms with Gasteiger partial charge in [0.1, 0.15) is 0 Å². The summed E-state index contributed by atoms with van der Waals surface area (Å²) in [6, 6.07) is 6.24. The van der Waals surface area contributed by atoms with Gasteiger partial charge >= 0.3 is 0 Å². The summed E-state index contributed by atoms with van der Waals surface area (Å²) in [7, 11) is 0. The van der Waals surface area contributed by atoms with E-state index in [0.29, 0.717) is 6.54 Å². The third kappa shape index (κ3) is 3.44. The van der Waals surface area contributed by atoms with E-state index in [1.807, 2.05) is 37.7 Å². The third-order valence-corrected chi connectivity index (χ3v) is 4.83. The summed E-state index contributed by atoms with van der Waals surface area (Å²) in [6.07, 6.45) is 1.03. The zero-order valence-electron chi connectivity index (χ0n) is 11.2. The third-order valence-electron chi connectivity index (χ3n) is 3.47. The van der Waals surface area contributed by atoms with E-state index in [9.17, 15) is 4.79 Å². The summed E-state index contributed by atoms with van der Waals surface area (Å²) >= 11 is 7.92. The number of nitrogens with two attached hydrogens (primary N) is 1. The van der Waals surface area contributed by atoms with Gasteiger partial charge < -0.3 is 11.1 Å². The van der Waals surface area contributed by atoms with Crippen molar-refractivity contribution in [3.63, 3.8) is 0 Å². The molecule has 19 heavy (non-hydrogen) atoms. The Morgan fingerprint density at radius 3 is 3.00 bits per heavy atom. The fourth-order valence-electron chi connectivity index (χ4n) is 2.04. The van der Waals surface area contributed by atoms with Crippen molar-refractivity contribution in [3.05, 3.63) is 28.8 Å². The van der Waals surface area contributed by atoms with E-state index in [1.165, 1.54) is 10.5 Å². The molecule has 5 heteroatoms. The fourth-order valence-corrected chi connectivity index (χ4v) is 3.33. The molecule has 1 heterocycles. The Morgan fingerprint density at radius 1 is 1.58 bits per heavy atom. The average molecular weight is 299 g/mol. The van der Waals surface area contributed by atoms with E-state index < -0.39 is 5.41 Å². The molecule has 3 N–H and O–H groups in total. The number of primary amides is 1. The number of fused-ring (bicyclic) bond motifs is 1. The molecule has 0 bridgehead atoms. The maximum atomic E-state index is 11.4. The first kappa shape index (κ1) is 14.7. The lowest BCUT2D eigenvalue weighted by molar-refractivity contribution is -0.125. The van der Waals surface area contributed by atoms with Crippen LogP contribution in [-0.2, 0) is 4.79 Å². The molecule has 1 aromatic carbocycles. The Hall–Kier alpha value is -0.710. The number of benzene rings is 1. The van der Waals surface area contributed by atoms with Gasteiger partial charge in [0.25, 0.3) is 0 Å². The molecule has 0 fully saturated rings. The SMILES string of the molecule is CC(C)(CN[C@H]1CCSc2ccc(Cl)cc21)C(N)=O. The Kier molecular flexibility index (Phi) is 4.43. The summed E-state index contributed by atoms with van der Waals surface area (Å²) in [5.41, 5.74) is 6.09. The fraction of sp³-hybridized carbons (Fsp3) is 0.500. The molecule has 3 nitrogen and oxygen atoms in total. The van der Waals surface area contributed by atoms with Crippen molar-refractivity contribution < 1.29 is 4.79 Å². The highest BCUT2D eigenvalue weighted by Crippen LogP contribution is 2.37. The molecule has 104 valence electrons. The highest BCUT2D eigenvalue weighted by atomic mass is 35.5. The van der Waals surface area contributed by atoms with E-state index in [-0.39, 0.29) is 11.9 Å². The molecule has 1 aliphatic heterocycles. The van der Waals surface area contributed by atoms with E-state index in [1.54, 1.807) is 0 Å². The van der Waals surface area contributed by atoms with Crippen molar-refractivity contribution in [2.75, 3.05) is 12.3 Å². The second-order valence-corrected chi connectivity index (χ2v) is 7.07. The standard InChI is InChI=1S/C14H19ClN2OS/c1-14(2,13(16)18)8-17-11-5-6-19-12-4-3-9(15)7-10(11)12/h3-4,7,11,17H,5-6,8H2,1-2H3,(H2,16,18)/t11-/m0/s1. The van der Waals surface area contributed by atoms with Crippen molar-refractivity contribution in [2.24, 2.45) is 11.1 Å². The van der Waals surface area contributed by atoms with Crippen molar-refractivity contribution in [1.29, 1.82) is 0 Å². The Bertz CT molecular complexity index is 490. The van der Waals surface area contributed by atoms with Gasteiger partial charge in [-0.15, -0.1) is 11.8 Å². The van der Waals surface area contributed by atoms with E-state index in [2.05, 4.69) is 11.4 Å². The van der Waals surface area contributed by atoms with Crippen LogP contribution >= 0.6 is 23.4 Å². The van der Waals surface area contributed by atoms with Gasteiger partial charge in [0.2, 0.25) is 5.91 Å². The first-order chi connectivity index (χ1) is 8.90. The van der Waals surface area contributed by atoms with Gasteiger partial charge in [-0.05, 0) is 49.8 Å². The number of carbonyl (C=O) groups excluding carboxylic acids is 1. The van der Waals surface area contributed by atoms with Crippen LogP contribution in [0.3, 0.4) is 0 Å². The quantitative estimate of drug-likeness (QED) is 0.898. The second kappa shape index (κ2) is 5.73. The highest BCUT2D eigenvalue weighted by molar-refractivity contribution is 7.99. The molecule has 0 aromatic heterocycles. The number of thioether (sulfide) groups is 1. The first-order valence-corrected chi connectivity index (χ1v) is 7.72. The molecule has 2 rings (SSSR count). The summed E-state index contributed by atoms with van der Waals surface area (Å²) in [5, 5.41) is 4.21. The lowest BCUT2D eigenvalue weighted by atomic mass is 9.91. The summed E-state index contributed by atoms with van der Waals surface area (Å²) in [4.78, 5) is 12.6. The number of hydrogen-bond donors (Lipinski definition) is 2. The molecular formula is C14H19ClN2OS. The van der Waals surface area contributed by atoms with Crippen LogP contribution in [0.15, 0.2) is 23.1 Å². The lowest BCUT2D eigenvalue weighted by Gasteiger charge is -2.30. The molecule has 1 aromatic rings. The minimum Gasteiger partial charge on any atom is -0.369 e. The molecule has 0 spiro atoms. The monoisotopic (exact) mass is 298 g/mol. The van der Waals surface area contributed by atoms with Crippen molar-refractivity contribution in [3.8, 4) is 0 Å². The topological polar surface area (TPSA) is 55.1 Å². The number of carbonyl (C=O) groups is 1.